The Balaban J connectivity index is 1.66. The number of morpholine rings is 1. The Morgan fingerprint density at radius 2 is 1.93 bits per heavy atom. The highest BCUT2D eigenvalue weighted by molar-refractivity contribution is 9.10. The summed E-state index contributed by atoms with van der Waals surface area (Å²) in [5.41, 5.74) is 2.87. The van der Waals surface area contributed by atoms with Gasteiger partial charge < -0.3 is 19.7 Å². The number of anilines is 1. The molecule has 0 atom stereocenters. The predicted molar refractivity (Wildman–Crippen MR) is 116 cm³/mol. The highest BCUT2D eigenvalue weighted by Gasteiger charge is 2.20. The molecule has 2 aromatic carbocycles. The Bertz CT molecular complexity index is 906. The van der Waals surface area contributed by atoms with Crippen LogP contribution >= 0.6 is 27.5 Å². The third-order valence-electron chi connectivity index (χ3n) is 4.51. The van der Waals surface area contributed by atoms with E-state index < -0.39 is 0 Å². The molecule has 0 spiro atoms. The number of nitrogens with zero attached hydrogens (tertiary/aromatic N) is 1. The molecule has 2 amide bonds. The van der Waals surface area contributed by atoms with Gasteiger partial charge in [-0.15, -0.1) is 0 Å². The zero-order chi connectivity index (χ0) is 21.0. The molecule has 3 rings (SSSR count). The van der Waals surface area contributed by atoms with Crippen LogP contribution in [0.1, 0.15) is 21.5 Å². The summed E-state index contributed by atoms with van der Waals surface area (Å²) in [6.45, 7) is 5.86. The quantitative estimate of drug-likeness (QED) is 0.695. The van der Waals surface area contributed by atoms with Crippen molar-refractivity contribution in [3.63, 3.8) is 0 Å². The standard InChI is InChI=1S/C21H22BrClN2O4/c1-13-9-14(2)20(16(22)10-13)29-12-19(26)24-18-11-15(3-4-17(18)23)21(27)25-5-7-28-8-6-25/h3-4,9-11H,5-8,12H2,1-2H3,(H,24,26). The zero-order valence-corrected chi connectivity index (χ0v) is 18.6. The molecule has 0 unspecified atom stereocenters. The number of amides is 2. The SMILES string of the molecule is Cc1cc(C)c(OCC(=O)Nc2cc(C(=O)N3CCOCC3)ccc2Cl)c(Br)c1. The maximum atomic E-state index is 12.6. The highest BCUT2D eigenvalue weighted by Crippen LogP contribution is 2.30. The average Bonchev–Trinajstić information content (AvgIpc) is 2.69. The summed E-state index contributed by atoms with van der Waals surface area (Å²) in [6, 6.07) is 8.75. The largest absolute Gasteiger partial charge is 0.482 e. The van der Waals surface area contributed by atoms with E-state index in [2.05, 4.69) is 21.2 Å². The Morgan fingerprint density at radius 1 is 1.21 bits per heavy atom. The lowest BCUT2D eigenvalue weighted by molar-refractivity contribution is -0.118. The fourth-order valence-electron chi connectivity index (χ4n) is 3.11. The first-order valence-corrected chi connectivity index (χ1v) is 10.4. The molecule has 0 bridgehead atoms. The van der Waals surface area contributed by atoms with Crippen molar-refractivity contribution in [3.8, 4) is 5.75 Å². The van der Waals surface area contributed by atoms with E-state index in [4.69, 9.17) is 21.1 Å². The highest BCUT2D eigenvalue weighted by atomic mass is 79.9. The van der Waals surface area contributed by atoms with E-state index >= 15 is 0 Å². The van der Waals surface area contributed by atoms with Crippen LogP contribution in [0.4, 0.5) is 5.69 Å². The summed E-state index contributed by atoms with van der Waals surface area (Å²) in [6.07, 6.45) is 0. The van der Waals surface area contributed by atoms with Crippen molar-refractivity contribution >= 4 is 45.0 Å². The van der Waals surface area contributed by atoms with Crippen LogP contribution in [0.5, 0.6) is 5.75 Å². The molecular weight excluding hydrogens is 460 g/mol. The summed E-state index contributed by atoms with van der Waals surface area (Å²) in [5.74, 6) is 0.138. The van der Waals surface area contributed by atoms with Crippen LogP contribution in [-0.2, 0) is 9.53 Å². The minimum atomic E-state index is -0.366. The van der Waals surface area contributed by atoms with Crippen molar-refractivity contribution in [3.05, 3.63) is 56.5 Å². The molecule has 1 aliphatic heterocycles. The van der Waals surface area contributed by atoms with Crippen LogP contribution in [0.3, 0.4) is 0 Å². The number of benzene rings is 2. The van der Waals surface area contributed by atoms with Crippen LogP contribution in [0.2, 0.25) is 5.02 Å². The Labute approximate surface area is 183 Å². The lowest BCUT2D eigenvalue weighted by Crippen LogP contribution is -2.40. The normalized spacial score (nSPS) is 13.9. The number of carbonyl (C=O) groups excluding carboxylic acids is 2. The Hall–Kier alpha value is -2.09. The lowest BCUT2D eigenvalue weighted by Gasteiger charge is -2.27. The lowest BCUT2D eigenvalue weighted by atomic mass is 10.1. The molecule has 0 aromatic heterocycles. The second kappa shape index (κ2) is 9.61. The van der Waals surface area contributed by atoms with Crippen LogP contribution < -0.4 is 10.1 Å². The summed E-state index contributed by atoms with van der Waals surface area (Å²) >= 11 is 9.67. The Kier molecular flexibility index (Phi) is 7.16. The molecule has 8 heteroatoms. The van der Waals surface area contributed by atoms with Gasteiger partial charge in [-0.25, -0.2) is 0 Å². The van der Waals surface area contributed by atoms with Crippen molar-refractivity contribution < 1.29 is 19.1 Å². The van der Waals surface area contributed by atoms with Crippen molar-refractivity contribution in [2.24, 2.45) is 0 Å². The molecule has 1 N–H and O–H groups in total. The molecule has 1 fully saturated rings. The van der Waals surface area contributed by atoms with Gasteiger partial charge >= 0.3 is 0 Å². The smallest absolute Gasteiger partial charge is 0.262 e. The van der Waals surface area contributed by atoms with E-state index in [0.29, 0.717) is 48.3 Å². The predicted octanol–water partition coefficient (Wildman–Crippen LogP) is 4.21. The van der Waals surface area contributed by atoms with Gasteiger partial charge in [0, 0.05) is 18.7 Å². The Morgan fingerprint density at radius 3 is 2.62 bits per heavy atom. The van der Waals surface area contributed by atoms with E-state index in [-0.39, 0.29) is 18.4 Å². The molecule has 0 radical (unpaired) electrons. The number of hydrogen-bond acceptors (Lipinski definition) is 4. The number of ether oxygens (including phenoxy) is 2. The molecule has 0 aliphatic carbocycles. The van der Waals surface area contributed by atoms with E-state index in [1.165, 1.54) is 0 Å². The van der Waals surface area contributed by atoms with Crippen molar-refractivity contribution in [1.82, 2.24) is 4.90 Å². The molecule has 1 heterocycles. The van der Waals surface area contributed by atoms with Gasteiger partial charge in [0.2, 0.25) is 0 Å². The van der Waals surface area contributed by atoms with Gasteiger partial charge in [-0.1, -0.05) is 17.7 Å². The number of carbonyl (C=O) groups is 2. The molecule has 1 saturated heterocycles. The molecule has 154 valence electrons. The third kappa shape index (κ3) is 5.50. The first-order chi connectivity index (χ1) is 13.8. The summed E-state index contributed by atoms with van der Waals surface area (Å²) in [5, 5.41) is 3.07. The number of nitrogens with one attached hydrogen (secondary N) is 1. The van der Waals surface area contributed by atoms with E-state index in [0.717, 1.165) is 15.6 Å². The number of halogens is 2. The van der Waals surface area contributed by atoms with Crippen molar-refractivity contribution in [2.75, 3.05) is 38.2 Å². The number of hydrogen-bond donors (Lipinski definition) is 1. The van der Waals surface area contributed by atoms with Gasteiger partial charge in [-0.05, 0) is 65.2 Å². The van der Waals surface area contributed by atoms with Gasteiger partial charge in [-0.2, -0.15) is 0 Å². The van der Waals surface area contributed by atoms with Crippen LogP contribution in [0.15, 0.2) is 34.8 Å². The average molecular weight is 482 g/mol. The summed E-state index contributed by atoms with van der Waals surface area (Å²) < 4.78 is 11.7. The third-order valence-corrected chi connectivity index (χ3v) is 5.43. The first-order valence-electron chi connectivity index (χ1n) is 9.21. The molecular formula is C21H22BrClN2O4. The molecule has 29 heavy (non-hydrogen) atoms. The summed E-state index contributed by atoms with van der Waals surface area (Å²) in [4.78, 5) is 26.8. The number of aryl methyl sites for hydroxylation is 2. The van der Waals surface area contributed by atoms with E-state index in [1.807, 2.05) is 26.0 Å². The fourth-order valence-corrected chi connectivity index (χ4v) is 4.07. The summed E-state index contributed by atoms with van der Waals surface area (Å²) in [7, 11) is 0. The maximum absolute atomic E-state index is 12.6. The first kappa shape index (κ1) is 21.6. The fraction of sp³-hybridized carbons (Fsp3) is 0.333. The zero-order valence-electron chi connectivity index (χ0n) is 16.3. The number of rotatable bonds is 5. The minimum absolute atomic E-state index is 0.115. The van der Waals surface area contributed by atoms with Crippen molar-refractivity contribution in [2.45, 2.75) is 13.8 Å². The van der Waals surface area contributed by atoms with Gasteiger partial charge in [0.1, 0.15) is 5.75 Å². The van der Waals surface area contributed by atoms with Crippen LogP contribution in [0, 0.1) is 13.8 Å². The second-order valence-corrected chi connectivity index (χ2v) is 8.09. The van der Waals surface area contributed by atoms with Gasteiger partial charge in [0.25, 0.3) is 11.8 Å². The molecule has 0 saturated carbocycles. The van der Waals surface area contributed by atoms with Gasteiger partial charge in [0.05, 0.1) is 28.4 Å². The monoisotopic (exact) mass is 480 g/mol. The second-order valence-electron chi connectivity index (χ2n) is 6.83. The topological polar surface area (TPSA) is 67.9 Å². The van der Waals surface area contributed by atoms with Crippen molar-refractivity contribution in [1.29, 1.82) is 0 Å². The van der Waals surface area contributed by atoms with Gasteiger partial charge in [-0.3, -0.25) is 9.59 Å². The van der Waals surface area contributed by atoms with E-state index in [9.17, 15) is 9.59 Å². The molecule has 1 aliphatic rings. The van der Waals surface area contributed by atoms with E-state index in [1.54, 1.807) is 23.1 Å². The molecule has 6 nitrogen and oxygen atoms in total. The maximum Gasteiger partial charge on any atom is 0.262 e. The van der Waals surface area contributed by atoms with Crippen LogP contribution in [-0.4, -0.2) is 49.6 Å². The minimum Gasteiger partial charge on any atom is -0.482 e. The molecule has 2 aromatic rings. The van der Waals surface area contributed by atoms with Gasteiger partial charge in [0.15, 0.2) is 6.61 Å². The van der Waals surface area contributed by atoms with Crippen LogP contribution in [0.25, 0.3) is 0 Å².